The average molecular weight is 294 g/mol. The van der Waals surface area contributed by atoms with Crippen molar-refractivity contribution in [1.82, 2.24) is 5.06 Å². The number of morpholine rings is 1. The van der Waals surface area contributed by atoms with Gasteiger partial charge >= 0.3 is 5.97 Å². The van der Waals surface area contributed by atoms with E-state index in [4.69, 9.17) is 9.57 Å². The van der Waals surface area contributed by atoms with E-state index in [2.05, 4.69) is 15.9 Å². The van der Waals surface area contributed by atoms with Crippen LogP contribution < -0.4 is 0 Å². The SMILES string of the molecule is CC(C)(C)C(=O)ON1CCOC(CCBr)C1. The Balaban J connectivity index is 2.40. The molecule has 1 unspecified atom stereocenters. The Hall–Kier alpha value is -0.130. The molecule has 0 aliphatic carbocycles. The Morgan fingerprint density at radius 2 is 2.25 bits per heavy atom. The van der Waals surface area contributed by atoms with Crippen LogP contribution in [-0.4, -0.2) is 42.2 Å². The molecule has 1 heterocycles. The first-order valence-electron chi connectivity index (χ1n) is 5.58. The molecule has 1 aliphatic heterocycles. The normalized spacial score (nSPS) is 23.1. The highest BCUT2D eigenvalue weighted by Gasteiger charge is 2.28. The molecule has 94 valence electrons. The molecule has 1 saturated heterocycles. The van der Waals surface area contributed by atoms with E-state index in [1.165, 1.54) is 0 Å². The number of nitrogens with zero attached hydrogens (tertiary/aromatic N) is 1. The summed E-state index contributed by atoms with van der Waals surface area (Å²) in [6, 6.07) is 0. The van der Waals surface area contributed by atoms with Crippen molar-refractivity contribution in [3.8, 4) is 0 Å². The van der Waals surface area contributed by atoms with E-state index in [1.807, 2.05) is 20.8 Å². The molecule has 0 N–H and O–H groups in total. The van der Waals surface area contributed by atoms with Gasteiger partial charge in [-0.1, -0.05) is 15.9 Å². The molecule has 4 nitrogen and oxygen atoms in total. The van der Waals surface area contributed by atoms with Crippen molar-refractivity contribution in [3.05, 3.63) is 0 Å². The summed E-state index contributed by atoms with van der Waals surface area (Å²) in [5.41, 5.74) is -0.455. The largest absolute Gasteiger partial charge is 0.375 e. The van der Waals surface area contributed by atoms with E-state index in [-0.39, 0.29) is 12.1 Å². The molecular formula is C11H20BrNO3. The van der Waals surface area contributed by atoms with Crippen molar-refractivity contribution in [1.29, 1.82) is 0 Å². The zero-order chi connectivity index (χ0) is 12.2. The van der Waals surface area contributed by atoms with Crippen LogP contribution in [-0.2, 0) is 14.4 Å². The molecule has 1 fully saturated rings. The van der Waals surface area contributed by atoms with Gasteiger partial charge in [0.15, 0.2) is 0 Å². The molecule has 0 radical (unpaired) electrons. The minimum Gasteiger partial charge on any atom is -0.375 e. The third-order valence-electron chi connectivity index (χ3n) is 2.36. The predicted octanol–water partition coefficient (Wildman–Crippen LogP) is 1.98. The molecule has 1 aliphatic rings. The topological polar surface area (TPSA) is 38.8 Å². The smallest absolute Gasteiger partial charge is 0.330 e. The van der Waals surface area contributed by atoms with Crippen molar-refractivity contribution < 1.29 is 14.4 Å². The molecule has 0 spiro atoms. The molecular weight excluding hydrogens is 274 g/mol. The van der Waals surface area contributed by atoms with Crippen LogP contribution in [0.1, 0.15) is 27.2 Å². The van der Waals surface area contributed by atoms with E-state index in [0.29, 0.717) is 19.7 Å². The van der Waals surface area contributed by atoms with Crippen molar-refractivity contribution in [3.63, 3.8) is 0 Å². The van der Waals surface area contributed by atoms with Crippen molar-refractivity contribution in [2.45, 2.75) is 33.3 Å². The van der Waals surface area contributed by atoms with E-state index in [0.717, 1.165) is 11.8 Å². The zero-order valence-corrected chi connectivity index (χ0v) is 11.7. The molecule has 0 aromatic heterocycles. The van der Waals surface area contributed by atoms with Crippen LogP contribution in [0.5, 0.6) is 0 Å². The Labute approximate surface area is 105 Å². The van der Waals surface area contributed by atoms with Crippen LogP contribution in [0.25, 0.3) is 0 Å². The number of alkyl halides is 1. The summed E-state index contributed by atoms with van der Waals surface area (Å²) < 4.78 is 5.55. The summed E-state index contributed by atoms with van der Waals surface area (Å²) in [5, 5.41) is 2.61. The lowest BCUT2D eigenvalue weighted by molar-refractivity contribution is -0.223. The van der Waals surface area contributed by atoms with Crippen molar-refractivity contribution >= 4 is 21.9 Å². The third-order valence-corrected chi connectivity index (χ3v) is 2.81. The summed E-state index contributed by atoms with van der Waals surface area (Å²) in [5.74, 6) is -0.188. The highest BCUT2D eigenvalue weighted by molar-refractivity contribution is 9.09. The number of hydroxylamine groups is 2. The number of rotatable bonds is 3. The highest BCUT2D eigenvalue weighted by Crippen LogP contribution is 2.18. The fraction of sp³-hybridized carbons (Fsp3) is 0.909. The fourth-order valence-corrected chi connectivity index (χ4v) is 1.84. The van der Waals surface area contributed by atoms with Crippen molar-refractivity contribution in [2.75, 3.05) is 25.0 Å². The van der Waals surface area contributed by atoms with Crippen LogP contribution in [0.15, 0.2) is 0 Å². The standard InChI is InChI=1S/C11H20BrNO3/c1-11(2,3)10(14)16-13-6-7-15-9(8-13)4-5-12/h9H,4-8H2,1-3H3. The first-order valence-corrected chi connectivity index (χ1v) is 6.70. The lowest BCUT2D eigenvalue weighted by atomic mass is 9.98. The molecule has 1 atom stereocenters. The number of carbonyl (C=O) groups is 1. The van der Waals surface area contributed by atoms with Gasteiger partial charge in [0.1, 0.15) is 0 Å². The predicted molar refractivity (Wildman–Crippen MR) is 65.3 cm³/mol. The molecule has 16 heavy (non-hydrogen) atoms. The molecule has 0 aromatic carbocycles. The van der Waals surface area contributed by atoms with Gasteiger partial charge in [-0.05, 0) is 27.2 Å². The molecule has 0 saturated carbocycles. The highest BCUT2D eigenvalue weighted by atomic mass is 79.9. The van der Waals surface area contributed by atoms with Gasteiger partial charge in [0.25, 0.3) is 0 Å². The van der Waals surface area contributed by atoms with Gasteiger partial charge < -0.3 is 9.57 Å². The van der Waals surface area contributed by atoms with Gasteiger partial charge in [-0.2, -0.15) is 0 Å². The maximum absolute atomic E-state index is 11.7. The van der Waals surface area contributed by atoms with Crippen LogP contribution in [0, 0.1) is 5.41 Å². The first-order chi connectivity index (χ1) is 7.43. The lowest BCUT2D eigenvalue weighted by Gasteiger charge is -2.32. The van der Waals surface area contributed by atoms with Gasteiger partial charge in [0, 0.05) is 5.33 Å². The summed E-state index contributed by atoms with van der Waals surface area (Å²) in [6.07, 6.45) is 1.09. The maximum Gasteiger partial charge on any atom is 0.330 e. The monoisotopic (exact) mass is 293 g/mol. The van der Waals surface area contributed by atoms with E-state index in [1.54, 1.807) is 5.06 Å². The summed E-state index contributed by atoms with van der Waals surface area (Å²) >= 11 is 3.38. The second-order valence-corrected chi connectivity index (χ2v) is 5.78. The van der Waals surface area contributed by atoms with Gasteiger partial charge in [-0.3, -0.25) is 0 Å². The minimum absolute atomic E-state index is 0.154. The summed E-state index contributed by atoms with van der Waals surface area (Å²) in [4.78, 5) is 17.0. The molecule has 5 heteroatoms. The zero-order valence-electron chi connectivity index (χ0n) is 10.2. The fourth-order valence-electron chi connectivity index (χ4n) is 1.33. The second kappa shape index (κ2) is 5.98. The van der Waals surface area contributed by atoms with Crippen molar-refractivity contribution in [2.24, 2.45) is 5.41 Å². The molecule has 0 bridgehead atoms. The minimum atomic E-state index is -0.455. The molecule has 0 amide bonds. The van der Waals surface area contributed by atoms with E-state index in [9.17, 15) is 4.79 Å². The van der Waals surface area contributed by atoms with E-state index >= 15 is 0 Å². The number of hydrogen-bond acceptors (Lipinski definition) is 4. The third kappa shape index (κ3) is 4.39. The van der Waals surface area contributed by atoms with E-state index < -0.39 is 5.41 Å². The lowest BCUT2D eigenvalue weighted by Crippen LogP contribution is -2.45. The number of carbonyl (C=O) groups excluding carboxylic acids is 1. The summed E-state index contributed by atoms with van der Waals surface area (Å²) in [6.45, 7) is 7.49. The van der Waals surface area contributed by atoms with Gasteiger partial charge in [-0.15, -0.1) is 5.06 Å². The summed E-state index contributed by atoms with van der Waals surface area (Å²) in [7, 11) is 0. The Morgan fingerprint density at radius 3 is 2.81 bits per heavy atom. The Kier molecular flexibility index (Phi) is 5.21. The van der Waals surface area contributed by atoms with Crippen LogP contribution >= 0.6 is 15.9 Å². The van der Waals surface area contributed by atoms with Gasteiger partial charge in [0.2, 0.25) is 0 Å². The molecule has 0 aromatic rings. The Bertz CT molecular complexity index is 238. The van der Waals surface area contributed by atoms with Gasteiger partial charge in [-0.25, -0.2) is 4.79 Å². The maximum atomic E-state index is 11.7. The second-order valence-electron chi connectivity index (χ2n) is 4.99. The number of hydrogen-bond donors (Lipinski definition) is 0. The molecule has 1 rings (SSSR count). The van der Waals surface area contributed by atoms with Crippen LogP contribution in [0.3, 0.4) is 0 Å². The van der Waals surface area contributed by atoms with Crippen LogP contribution in [0.2, 0.25) is 0 Å². The quantitative estimate of drug-likeness (QED) is 0.746. The number of halogens is 1. The first kappa shape index (κ1) is 13.9. The number of ether oxygens (including phenoxy) is 1. The van der Waals surface area contributed by atoms with Crippen LogP contribution in [0.4, 0.5) is 0 Å². The average Bonchev–Trinajstić information content (AvgIpc) is 2.17. The van der Waals surface area contributed by atoms with Gasteiger partial charge in [0.05, 0.1) is 31.2 Å². The Morgan fingerprint density at radius 1 is 1.56 bits per heavy atom.